The summed E-state index contributed by atoms with van der Waals surface area (Å²) in [4.78, 5) is 12.4. The Morgan fingerprint density at radius 2 is 1.67 bits per heavy atom. The van der Waals surface area contributed by atoms with Crippen molar-refractivity contribution in [3.05, 3.63) is 59.2 Å². The van der Waals surface area contributed by atoms with Gasteiger partial charge in [0.1, 0.15) is 18.1 Å². The molecule has 1 aliphatic carbocycles. The van der Waals surface area contributed by atoms with Gasteiger partial charge in [-0.25, -0.2) is 0 Å². The molecule has 0 aromatic heterocycles. The van der Waals surface area contributed by atoms with Crippen molar-refractivity contribution in [3.63, 3.8) is 0 Å². The summed E-state index contributed by atoms with van der Waals surface area (Å²) < 4.78 is 11.6. The van der Waals surface area contributed by atoms with Gasteiger partial charge in [-0.15, -0.1) is 0 Å². The summed E-state index contributed by atoms with van der Waals surface area (Å²) in [6.07, 6.45) is 4.18. The maximum Gasteiger partial charge on any atom is 0.261 e. The maximum absolute atomic E-state index is 12.4. The van der Waals surface area contributed by atoms with E-state index in [9.17, 15) is 4.79 Å². The Bertz CT molecular complexity index is 770. The van der Waals surface area contributed by atoms with Crippen LogP contribution in [0.15, 0.2) is 42.5 Å². The van der Waals surface area contributed by atoms with Crippen molar-refractivity contribution in [2.24, 2.45) is 0 Å². The summed E-state index contributed by atoms with van der Waals surface area (Å²) in [7, 11) is 0. The molecule has 3 rings (SSSR count). The quantitative estimate of drug-likeness (QED) is 0.797. The molecule has 1 aliphatic rings. The van der Waals surface area contributed by atoms with E-state index in [-0.39, 0.29) is 11.9 Å². The molecule has 2 atom stereocenters. The minimum atomic E-state index is -0.548. The summed E-state index contributed by atoms with van der Waals surface area (Å²) >= 11 is 0. The molecule has 0 heterocycles. The number of amides is 1. The fourth-order valence-corrected chi connectivity index (χ4v) is 3.30. The van der Waals surface area contributed by atoms with Gasteiger partial charge in [-0.2, -0.15) is 0 Å². The van der Waals surface area contributed by atoms with Crippen molar-refractivity contribution >= 4 is 5.91 Å². The van der Waals surface area contributed by atoms with Crippen LogP contribution in [0, 0.1) is 6.92 Å². The SMILES string of the molecule is Cc1ccc(OC[C@H](C)NC(=O)[C@H](C)Oc2ccc3c(c2)CCCC3)cc1. The van der Waals surface area contributed by atoms with Crippen LogP contribution in [0.2, 0.25) is 0 Å². The second-order valence-corrected chi connectivity index (χ2v) is 7.43. The molecule has 0 unspecified atom stereocenters. The average Bonchev–Trinajstić information content (AvgIpc) is 2.67. The summed E-state index contributed by atoms with van der Waals surface area (Å²) in [6, 6.07) is 14.0. The van der Waals surface area contributed by atoms with E-state index in [0.717, 1.165) is 24.3 Å². The second-order valence-electron chi connectivity index (χ2n) is 7.43. The van der Waals surface area contributed by atoms with Crippen molar-refractivity contribution in [3.8, 4) is 11.5 Å². The van der Waals surface area contributed by atoms with Gasteiger partial charge in [-0.05, 0) is 81.8 Å². The van der Waals surface area contributed by atoms with Gasteiger partial charge in [-0.3, -0.25) is 4.79 Å². The van der Waals surface area contributed by atoms with E-state index < -0.39 is 6.10 Å². The van der Waals surface area contributed by atoms with E-state index in [1.165, 1.54) is 29.5 Å². The van der Waals surface area contributed by atoms with E-state index in [1.807, 2.05) is 44.2 Å². The third-order valence-corrected chi connectivity index (χ3v) is 4.91. The minimum absolute atomic E-state index is 0.103. The summed E-state index contributed by atoms with van der Waals surface area (Å²) in [6.45, 7) is 6.16. The lowest BCUT2D eigenvalue weighted by Gasteiger charge is -2.21. The Morgan fingerprint density at radius 3 is 2.41 bits per heavy atom. The van der Waals surface area contributed by atoms with Gasteiger partial charge in [0.2, 0.25) is 0 Å². The van der Waals surface area contributed by atoms with Crippen LogP contribution in [-0.2, 0) is 17.6 Å². The molecular weight excluding hydrogens is 338 g/mol. The monoisotopic (exact) mass is 367 g/mol. The van der Waals surface area contributed by atoms with Gasteiger partial charge in [0.15, 0.2) is 6.10 Å². The molecule has 1 amide bonds. The predicted molar refractivity (Wildman–Crippen MR) is 107 cm³/mol. The van der Waals surface area contributed by atoms with Crippen LogP contribution >= 0.6 is 0 Å². The lowest BCUT2D eigenvalue weighted by Crippen LogP contribution is -2.43. The topological polar surface area (TPSA) is 47.6 Å². The van der Waals surface area contributed by atoms with Crippen LogP contribution in [0.5, 0.6) is 11.5 Å². The molecule has 0 saturated carbocycles. The third kappa shape index (κ3) is 5.49. The molecule has 4 nitrogen and oxygen atoms in total. The number of benzene rings is 2. The number of hydrogen-bond acceptors (Lipinski definition) is 3. The Labute approximate surface area is 161 Å². The molecule has 1 N–H and O–H groups in total. The Morgan fingerprint density at radius 1 is 1.00 bits per heavy atom. The van der Waals surface area contributed by atoms with E-state index in [4.69, 9.17) is 9.47 Å². The smallest absolute Gasteiger partial charge is 0.261 e. The summed E-state index contributed by atoms with van der Waals surface area (Å²) in [5.41, 5.74) is 3.95. The van der Waals surface area contributed by atoms with Gasteiger partial charge in [0, 0.05) is 0 Å². The molecule has 27 heavy (non-hydrogen) atoms. The fourth-order valence-electron chi connectivity index (χ4n) is 3.30. The normalized spacial score (nSPS) is 15.4. The van der Waals surface area contributed by atoms with E-state index in [2.05, 4.69) is 17.4 Å². The highest BCUT2D eigenvalue weighted by Gasteiger charge is 2.18. The number of hydrogen-bond donors (Lipinski definition) is 1. The second kappa shape index (κ2) is 8.94. The predicted octanol–water partition coefficient (Wildman–Crippen LogP) is 4.22. The molecule has 0 radical (unpaired) electrons. The number of fused-ring (bicyclic) bond motifs is 1. The molecule has 0 spiro atoms. The van der Waals surface area contributed by atoms with Gasteiger partial charge in [0.05, 0.1) is 6.04 Å². The molecule has 144 valence electrons. The standard InChI is InChI=1S/C23H29NO3/c1-16-8-11-21(12-9-16)26-15-17(2)24-23(25)18(3)27-22-13-10-19-6-4-5-7-20(19)14-22/h8-14,17-18H,4-7,15H2,1-3H3,(H,24,25)/t17-,18-/m0/s1. The zero-order chi connectivity index (χ0) is 19.2. The number of ether oxygens (including phenoxy) is 2. The first kappa shape index (κ1) is 19.3. The van der Waals surface area contributed by atoms with Crippen LogP contribution in [0.4, 0.5) is 0 Å². The van der Waals surface area contributed by atoms with Gasteiger partial charge >= 0.3 is 0 Å². The molecule has 2 aromatic carbocycles. The highest BCUT2D eigenvalue weighted by molar-refractivity contribution is 5.81. The first-order chi connectivity index (χ1) is 13.0. The lowest BCUT2D eigenvalue weighted by molar-refractivity contribution is -0.128. The average molecular weight is 367 g/mol. The number of nitrogens with one attached hydrogen (secondary N) is 1. The van der Waals surface area contributed by atoms with Crippen LogP contribution in [0.1, 0.15) is 43.4 Å². The number of carbonyl (C=O) groups excluding carboxylic acids is 1. The zero-order valence-electron chi connectivity index (χ0n) is 16.5. The Kier molecular flexibility index (Phi) is 6.38. The van der Waals surface area contributed by atoms with E-state index in [0.29, 0.717) is 6.61 Å². The maximum atomic E-state index is 12.4. The van der Waals surface area contributed by atoms with Crippen LogP contribution in [-0.4, -0.2) is 24.7 Å². The Hall–Kier alpha value is -2.49. The van der Waals surface area contributed by atoms with Gasteiger partial charge in [0.25, 0.3) is 5.91 Å². The number of aryl methyl sites for hydroxylation is 3. The highest BCUT2D eigenvalue weighted by atomic mass is 16.5. The zero-order valence-corrected chi connectivity index (χ0v) is 16.5. The van der Waals surface area contributed by atoms with Crippen LogP contribution in [0.3, 0.4) is 0 Å². The lowest BCUT2D eigenvalue weighted by atomic mass is 9.92. The fraction of sp³-hybridized carbons (Fsp3) is 0.435. The van der Waals surface area contributed by atoms with Crippen LogP contribution in [0.25, 0.3) is 0 Å². The summed E-state index contributed by atoms with van der Waals surface area (Å²) in [5.74, 6) is 1.44. The van der Waals surface area contributed by atoms with E-state index >= 15 is 0 Å². The van der Waals surface area contributed by atoms with Crippen molar-refractivity contribution in [2.45, 2.75) is 58.6 Å². The molecule has 4 heteroatoms. The molecule has 2 aromatic rings. The molecule has 0 saturated heterocycles. The third-order valence-electron chi connectivity index (χ3n) is 4.91. The molecule has 0 fully saturated rings. The van der Waals surface area contributed by atoms with Crippen molar-refractivity contribution in [2.75, 3.05) is 6.61 Å². The summed E-state index contributed by atoms with van der Waals surface area (Å²) in [5, 5.41) is 2.95. The molecular formula is C23H29NO3. The molecule has 0 bridgehead atoms. The van der Waals surface area contributed by atoms with Crippen molar-refractivity contribution in [1.82, 2.24) is 5.32 Å². The van der Waals surface area contributed by atoms with Gasteiger partial charge < -0.3 is 14.8 Å². The first-order valence-corrected chi connectivity index (χ1v) is 9.79. The van der Waals surface area contributed by atoms with Crippen molar-refractivity contribution < 1.29 is 14.3 Å². The highest BCUT2D eigenvalue weighted by Crippen LogP contribution is 2.25. The van der Waals surface area contributed by atoms with Gasteiger partial charge in [-0.1, -0.05) is 23.8 Å². The largest absolute Gasteiger partial charge is 0.491 e. The van der Waals surface area contributed by atoms with Crippen LogP contribution < -0.4 is 14.8 Å². The first-order valence-electron chi connectivity index (χ1n) is 9.79. The minimum Gasteiger partial charge on any atom is -0.491 e. The number of rotatable bonds is 7. The number of carbonyl (C=O) groups is 1. The Balaban J connectivity index is 1.47. The van der Waals surface area contributed by atoms with E-state index in [1.54, 1.807) is 6.92 Å². The molecule has 0 aliphatic heterocycles. The van der Waals surface area contributed by atoms with Crippen molar-refractivity contribution in [1.29, 1.82) is 0 Å².